The molecular formula is C16H19NO. The molecule has 2 heteroatoms. The fourth-order valence-electron chi connectivity index (χ4n) is 3.51. The molecule has 2 unspecified atom stereocenters. The predicted octanol–water partition coefficient (Wildman–Crippen LogP) is 2.95. The summed E-state index contributed by atoms with van der Waals surface area (Å²) >= 11 is 0. The average Bonchev–Trinajstić information content (AvgIpc) is 2.36. The van der Waals surface area contributed by atoms with Crippen molar-refractivity contribution < 1.29 is 5.11 Å². The Bertz CT molecular complexity index is 486. The number of nitriles is 1. The van der Waals surface area contributed by atoms with E-state index in [9.17, 15) is 10.4 Å². The zero-order chi connectivity index (χ0) is 12.6. The molecule has 2 atom stereocenters. The molecule has 1 fully saturated rings. The van der Waals surface area contributed by atoms with Gasteiger partial charge >= 0.3 is 0 Å². The zero-order valence-electron chi connectivity index (χ0n) is 10.6. The Morgan fingerprint density at radius 2 is 2.06 bits per heavy atom. The third-order valence-electron chi connectivity index (χ3n) is 4.82. The predicted molar refractivity (Wildman–Crippen MR) is 70.0 cm³/mol. The molecule has 1 saturated carbocycles. The van der Waals surface area contributed by atoms with Gasteiger partial charge in [-0.2, -0.15) is 5.26 Å². The van der Waals surface area contributed by atoms with Crippen molar-refractivity contribution in [1.82, 2.24) is 0 Å². The lowest BCUT2D eigenvalue weighted by Gasteiger charge is -2.43. The fraction of sp³-hybridized carbons (Fsp3) is 0.562. The van der Waals surface area contributed by atoms with Crippen LogP contribution in [0.3, 0.4) is 0 Å². The molecule has 0 amide bonds. The van der Waals surface area contributed by atoms with Crippen LogP contribution in [0.2, 0.25) is 0 Å². The normalized spacial score (nSPS) is 28.9. The van der Waals surface area contributed by atoms with Crippen LogP contribution < -0.4 is 0 Å². The molecule has 18 heavy (non-hydrogen) atoms. The summed E-state index contributed by atoms with van der Waals surface area (Å²) in [6, 6.07) is 10.6. The molecule has 0 spiro atoms. The summed E-state index contributed by atoms with van der Waals surface area (Å²) < 4.78 is 0. The van der Waals surface area contributed by atoms with Gasteiger partial charge in [0.25, 0.3) is 0 Å². The minimum absolute atomic E-state index is 0.329. The second-order valence-electron chi connectivity index (χ2n) is 5.73. The van der Waals surface area contributed by atoms with E-state index in [1.165, 1.54) is 12.0 Å². The number of aliphatic hydroxyl groups excluding tert-OH is 1. The third kappa shape index (κ3) is 1.58. The highest BCUT2D eigenvalue weighted by atomic mass is 16.3. The van der Waals surface area contributed by atoms with Crippen molar-refractivity contribution in [2.75, 3.05) is 0 Å². The maximum Gasteiger partial charge on any atom is 0.109 e. The Morgan fingerprint density at radius 1 is 1.28 bits per heavy atom. The van der Waals surface area contributed by atoms with Gasteiger partial charge < -0.3 is 5.11 Å². The van der Waals surface area contributed by atoms with E-state index < -0.39 is 11.5 Å². The summed E-state index contributed by atoms with van der Waals surface area (Å²) in [5.74, 6) is 0.329. The van der Waals surface area contributed by atoms with Crippen LogP contribution in [0, 0.1) is 17.2 Å². The van der Waals surface area contributed by atoms with E-state index in [-0.39, 0.29) is 0 Å². The van der Waals surface area contributed by atoms with Crippen molar-refractivity contribution in [1.29, 1.82) is 5.26 Å². The lowest BCUT2D eigenvalue weighted by molar-refractivity contribution is 0.00999. The minimum atomic E-state index is -0.653. The van der Waals surface area contributed by atoms with Crippen LogP contribution in [0.1, 0.15) is 43.2 Å². The number of nitrogens with zero attached hydrogens (tertiary/aromatic N) is 1. The van der Waals surface area contributed by atoms with Crippen molar-refractivity contribution >= 4 is 0 Å². The molecule has 94 valence electrons. The summed E-state index contributed by atoms with van der Waals surface area (Å²) in [7, 11) is 0. The van der Waals surface area contributed by atoms with Gasteiger partial charge in [0, 0.05) is 0 Å². The fourth-order valence-corrected chi connectivity index (χ4v) is 3.51. The number of rotatable bonds is 2. The van der Waals surface area contributed by atoms with Crippen LogP contribution >= 0.6 is 0 Å². The second kappa shape index (κ2) is 4.40. The van der Waals surface area contributed by atoms with Crippen LogP contribution in [0.25, 0.3) is 0 Å². The van der Waals surface area contributed by atoms with Gasteiger partial charge in [0.2, 0.25) is 0 Å². The molecule has 1 aromatic carbocycles. The van der Waals surface area contributed by atoms with Crippen LogP contribution in [0.15, 0.2) is 24.3 Å². The molecule has 3 rings (SSSR count). The number of aliphatic hydroxyl groups is 1. The quantitative estimate of drug-likeness (QED) is 0.865. The number of fused-ring (bicyclic) bond motifs is 1. The van der Waals surface area contributed by atoms with Crippen molar-refractivity contribution in [3.05, 3.63) is 35.4 Å². The smallest absolute Gasteiger partial charge is 0.109 e. The highest BCUT2D eigenvalue weighted by molar-refractivity contribution is 5.43. The zero-order valence-corrected chi connectivity index (χ0v) is 10.6. The number of hydrogen-bond acceptors (Lipinski definition) is 2. The molecular weight excluding hydrogens is 222 g/mol. The van der Waals surface area contributed by atoms with Crippen LogP contribution in [0.4, 0.5) is 0 Å². The molecule has 0 heterocycles. The van der Waals surface area contributed by atoms with E-state index >= 15 is 0 Å². The van der Waals surface area contributed by atoms with E-state index in [0.29, 0.717) is 5.92 Å². The Hall–Kier alpha value is -1.33. The molecule has 2 aliphatic rings. The summed E-state index contributed by atoms with van der Waals surface area (Å²) in [5.41, 5.74) is 1.68. The van der Waals surface area contributed by atoms with Crippen molar-refractivity contribution in [3.63, 3.8) is 0 Å². The Kier molecular flexibility index (Phi) is 2.87. The van der Waals surface area contributed by atoms with Crippen LogP contribution in [0.5, 0.6) is 0 Å². The van der Waals surface area contributed by atoms with Gasteiger partial charge in [-0.3, -0.25) is 0 Å². The van der Waals surface area contributed by atoms with Gasteiger partial charge in [-0.25, -0.2) is 0 Å². The Labute approximate surface area is 108 Å². The van der Waals surface area contributed by atoms with Gasteiger partial charge in [-0.05, 0) is 49.1 Å². The molecule has 0 saturated heterocycles. The lowest BCUT2D eigenvalue weighted by Crippen LogP contribution is -2.47. The molecule has 0 bridgehead atoms. The molecule has 1 aromatic rings. The lowest BCUT2D eigenvalue weighted by atomic mass is 9.61. The number of hydrogen-bond donors (Lipinski definition) is 1. The number of benzene rings is 1. The topological polar surface area (TPSA) is 44.0 Å². The van der Waals surface area contributed by atoms with Gasteiger partial charge in [-0.15, -0.1) is 0 Å². The maximum atomic E-state index is 10.7. The van der Waals surface area contributed by atoms with Crippen molar-refractivity contribution in [3.8, 4) is 6.07 Å². The van der Waals surface area contributed by atoms with E-state index in [0.717, 1.165) is 37.7 Å². The monoisotopic (exact) mass is 241 g/mol. The minimum Gasteiger partial charge on any atom is -0.391 e. The first-order chi connectivity index (χ1) is 8.78. The first-order valence-corrected chi connectivity index (χ1v) is 6.95. The van der Waals surface area contributed by atoms with Crippen LogP contribution in [-0.2, 0) is 11.8 Å². The second-order valence-corrected chi connectivity index (χ2v) is 5.73. The number of aryl methyl sites for hydroxylation is 1. The Morgan fingerprint density at radius 3 is 2.72 bits per heavy atom. The first kappa shape index (κ1) is 11.7. The van der Waals surface area contributed by atoms with Gasteiger partial charge in [0.15, 0.2) is 0 Å². The maximum absolute atomic E-state index is 10.7. The van der Waals surface area contributed by atoms with E-state index in [4.69, 9.17) is 0 Å². The van der Waals surface area contributed by atoms with Gasteiger partial charge in [0.1, 0.15) is 5.41 Å². The van der Waals surface area contributed by atoms with Gasteiger partial charge in [-0.1, -0.05) is 30.7 Å². The molecule has 1 N–H and O–H groups in total. The molecule has 0 aliphatic heterocycles. The first-order valence-electron chi connectivity index (χ1n) is 6.95. The SMILES string of the molecule is N#CC1(C(O)C2CCC2)CCCc2ccccc21. The van der Waals surface area contributed by atoms with E-state index in [1.807, 2.05) is 18.2 Å². The van der Waals surface area contributed by atoms with Crippen molar-refractivity contribution in [2.45, 2.75) is 50.0 Å². The Balaban J connectivity index is 2.04. The largest absolute Gasteiger partial charge is 0.391 e. The summed E-state index contributed by atoms with van der Waals surface area (Å²) in [5, 5.41) is 20.4. The highest BCUT2D eigenvalue weighted by Crippen LogP contribution is 2.45. The standard InChI is InChI=1S/C16H19NO/c17-11-16(15(18)13-6-3-7-13)10-4-8-12-5-1-2-9-14(12)16/h1-2,5,9,13,15,18H,3-4,6-8,10H2. The molecule has 0 radical (unpaired) electrons. The molecule has 2 nitrogen and oxygen atoms in total. The molecule has 2 aliphatic carbocycles. The molecule has 0 aromatic heterocycles. The summed E-state index contributed by atoms with van der Waals surface area (Å²) in [6.07, 6.45) is 5.71. The highest BCUT2D eigenvalue weighted by Gasteiger charge is 2.47. The summed E-state index contributed by atoms with van der Waals surface area (Å²) in [4.78, 5) is 0. The van der Waals surface area contributed by atoms with Gasteiger partial charge in [0.05, 0.1) is 12.2 Å². The van der Waals surface area contributed by atoms with E-state index in [2.05, 4.69) is 12.1 Å². The summed E-state index contributed by atoms with van der Waals surface area (Å²) in [6.45, 7) is 0. The third-order valence-corrected chi connectivity index (χ3v) is 4.82. The van der Waals surface area contributed by atoms with Crippen LogP contribution in [-0.4, -0.2) is 11.2 Å². The average molecular weight is 241 g/mol. The van der Waals surface area contributed by atoms with Crippen molar-refractivity contribution in [2.24, 2.45) is 5.92 Å². The van der Waals surface area contributed by atoms with E-state index in [1.54, 1.807) is 0 Å².